The third-order valence-corrected chi connectivity index (χ3v) is 2.05. The fraction of sp³-hybridized carbons (Fsp3) is 0.0833. The van der Waals surface area contributed by atoms with E-state index in [1.165, 1.54) is 6.08 Å². The van der Waals surface area contributed by atoms with Crippen LogP contribution in [-0.2, 0) is 4.74 Å². The summed E-state index contributed by atoms with van der Waals surface area (Å²) in [6.07, 6.45) is 4.32. The quantitative estimate of drug-likeness (QED) is 0.610. The highest BCUT2D eigenvalue weighted by molar-refractivity contribution is 6.03. The molecule has 0 bridgehead atoms. The Hall–Kier alpha value is -2.03. The molecular weight excluding hydrogens is 190 g/mol. The van der Waals surface area contributed by atoms with Gasteiger partial charge >= 0.3 is 5.97 Å². The number of esters is 1. The van der Waals surface area contributed by atoms with Crippen LogP contribution in [0.4, 0.5) is 0 Å². The van der Waals surface area contributed by atoms with Crippen LogP contribution in [0.3, 0.4) is 0 Å². The van der Waals surface area contributed by atoms with Gasteiger partial charge in [0.1, 0.15) is 6.61 Å². The smallest absolute Gasteiger partial charge is 0.341 e. The Labute approximate surface area is 87.4 Å². The van der Waals surface area contributed by atoms with Gasteiger partial charge in [-0.3, -0.25) is 0 Å². The van der Waals surface area contributed by atoms with E-state index in [4.69, 9.17) is 4.74 Å². The molecule has 0 saturated carbocycles. The minimum absolute atomic E-state index is 0.214. The van der Waals surface area contributed by atoms with E-state index in [-0.39, 0.29) is 12.6 Å². The summed E-state index contributed by atoms with van der Waals surface area (Å²) in [6.45, 7) is 3.70. The molecule has 15 heavy (non-hydrogen) atoms. The van der Waals surface area contributed by atoms with Crippen LogP contribution >= 0.6 is 0 Å². The summed E-state index contributed by atoms with van der Waals surface area (Å²) in [4.78, 5) is 14.5. The molecule has 3 nitrogen and oxygen atoms in total. The Bertz CT molecular complexity index is 499. The summed E-state index contributed by atoms with van der Waals surface area (Å²) in [5, 5.41) is 0.826. The maximum atomic E-state index is 11.6. The Morgan fingerprint density at radius 1 is 1.53 bits per heavy atom. The Kier molecular flexibility index (Phi) is 2.54. The Morgan fingerprint density at radius 2 is 2.33 bits per heavy atom. The number of hydrogen-bond donors (Lipinski definition) is 1. The second kappa shape index (κ2) is 4.00. The topological polar surface area (TPSA) is 42.1 Å². The highest BCUT2D eigenvalue weighted by Gasteiger charge is 2.12. The summed E-state index contributed by atoms with van der Waals surface area (Å²) in [6, 6.07) is 7.50. The van der Waals surface area contributed by atoms with E-state index in [1.807, 2.05) is 24.3 Å². The van der Waals surface area contributed by atoms with Crippen LogP contribution in [0.15, 0.2) is 36.9 Å². The van der Waals surface area contributed by atoms with E-state index < -0.39 is 0 Å². The SMILES string of the molecule is C=CCOC(=O)c1[c][nH]c2ccccc12. The molecule has 2 rings (SSSR count). The number of rotatable bonds is 3. The number of aromatic nitrogens is 1. The number of aromatic amines is 1. The molecule has 2 aromatic rings. The van der Waals surface area contributed by atoms with Crippen molar-refractivity contribution in [2.24, 2.45) is 0 Å². The van der Waals surface area contributed by atoms with Gasteiger partial charge in [0.25, 0.3) is 0 Å². The van der Waals surface area contributed by atoms with Gasteiger partial charge in [-0.1, -0.05) is 30.9 Å². The van der Waals surface area contributed by atoms with Crippen molar-refractivity contribution < 1.29 is 9.53 Å². The van der Waals surface area contributed by atoms with Gasteiger partial charge in [0.2, 0.25) is 0 Å². The van der Waals surface area contributed by atoms with Gasteiger partial charge in [-0.05, 0) is 6.07 Å². The predicted octanol–water partition coefficient (Wildman–Crippen LogP) is 2.31. The molecule has 0 amide bonds. The Morgan fingerprint density at radius 3 is 3.13 bits per heavy atom. The molecule has 1 aromatic carbocycles. The molecule has 0 aliphatic rings. The third kappa shape index (κ3) is 1.76. The van der Waals surface area contributed by atoms with Gasteiger partial charge in [0, 0.05) is 10.9 Å². The van der Waals surface area contributed by atoms with Crippen molar-refractivity contribution in [2.75, 3.05) is 6.61 Å². The molecule has 0 unspecified atom stereocenters. The number of nitrogens with one attached hydrogen (secondary N) is 1. The average Bonchev–Trinajstić information content (AvgIpc) is 2.69. The van der Waals surface area contributed by atoms with Gasteiger partial charge in [0.05, 0.1) is 11.8 Å². The number of H-pyrrole nitrogens is 1. The molecule has 0 aliphatic heterocycles. The van der Waals surface area contributed by atoms with E-state index in [9.17, 15) is 4.79 Å². The lowest BCUT2D eigenvalue weighted by atomic mass is 10.2. The largest absolute Gasteiger partial charge is 0.458 e. The first-order valence-electron chi connectivity index (χ1n) is 4.59. The lowest BCUT2D eigenvalue weighted by Crippen LogP contribution is -2.04. The fourth-order valence-electron chi connectivity index (χ4n) is 1.38. The first-order chi connectivity index (χ1) is 7.33. The number of para-hydroxylation sites is 1. The normalized spacial score (nSPS) is 10.1. The van der Waals surface area contributed by atoms with Gasteiger partial charge < -0.3 is 9.72 Å². The second-order valence-electron chi connectivity index (χ2n) is 3.06. The van der Waals surface area contributed by atoms with Gasteiger partial charge in [-0.15, -0.1) is 0 Å². The Balaban J connectivity index is 2.35. The molecule has 0 saturated heterocycles. The zero-order valence-corrected chi connectivity index (χ0v) is 8.12. The van der Waals surface area contributed by atoms with Crippen molar-refractivity contribution in [3.05, 3.63) is 48.7 Å². The molecule has 1 radical (unpaired) electrons. The molecule has 0 atom stereocenters. The summed E-state index contributed by atoms with van der Waals surface area (Å²) in [7, 11) is 0. The lowest BCUT2D eigenvalue weighted by molar-refractivity contribution is 0.0551. The number of carbonyl (C=O) groups excluding carboxylic acids is 1. The zero-order chi connectivity index (χ0) is 10.7. The molecule has 1 aromatic heterocycles. The molecule has 75 valence electrons. The maximum Gasteiger partial charge on any atom is 0.341 e. The van der Waals surface area contributed by atoms with Crippen LogP contribution in [0.2, 0.25) is 0 Å². The molecule has 0 fully saturated rings. The molecule has 0 spiro atoms. The zero-order valence-electron chi connectivity index (χ0n) is 8.12. The first-order valence-corrected chi connectivity index (χ1v) is 4.59. The van der Waals surface area contributed by atoms with E-state index in [0.29, 0.717) is 5.56 Å². The fourth-order valence-corrected chi connectivity index (χ4v) is 1.38. The van der Waals surface area contributed by atoms with Crippen LogP contribution in [0.25, 0.3) is 10.9 Å². The third-order valence-electron chi connectivity index (χ3n) is 2.05. The maximum absolute atomic E-state index is 11.6. The van der Waals surface area contributed by atoms with Gasteiger partial charge in [0.15, 0.2) is 0 Å². The van der Waals surface area contributed by atoms with Crippen molar-refractivity contribution >= 4 is 16.9 Å². The second-order valence-corrected chi connectivity index (χ2v) is 3.06. The van der Waals surface area contributed by atoms with E-state index in [2.05, 4.69) is 17.8 Å². The standard InChI is InChI=1S/C12H10NO2/c1-2-7-15-12(14)10-8-13-11-6-4-3-5-9(10)11/h2-6,13H,1,7H2. The number of carbonyl (C=O) groups is 1. The number of hydrogen-bond acceptors (Lipinski definition) is 2. The molecule has 0 aliphatic carbocycles. The van der Waals surface area contributed by atoms with Crippen LogP contribution in [-0.4, -0.2) is 17.6 Å². The van der Waals surface area contributed by atoms with E-state index >= 15 is 0 Å². The number of ether oxygens (including phenoxy) is 1. The minimum Gasteiger partial charge on any atom is -0.458 e. The molecular formula is C12H10NO2. The van der Waals surface area contributed by atoms with Crippen molar-refractivity contribution in [2.45, 2.75) is 0 Å². The average molecular weight is 200 g/mol. The number of benzene rings is 1. The summed E-state index contributed by atoms with van der Waals surface area (Å²) in [5.74, 6) is -0.382. The first kappa shape index (κ1) is 9.52. The summed E-state index contributed by atoms with van der Waals surface area (Å²) >= 11 is 0. The molecule has 1 heterocycles. The minimum atomic E-state index is -0.382. The lowest BCUT2D eigenvalue weighted by Gasteiger charge is -1.99. The van der Waals surface area contributed by atoms with E-state index in [0.717, 1.165) is 10.9 Å². The van der Waals surface area contributed by atoms with Gasteiger partial charge in [-0.25, -0.2) is 4.79 Å². The van der Waals surface area contributed by atoms with Crippen molar-refractivity contribution in [3.8, 4) is 0 Å². The number of fused-ring (bicyclic) bond motifs is 1. The molecule has 3 heteroatoms. The van der Waals surface area contributed by atoms with Crippen molar-refractivity contribution in [3.63, 3.8) is 0 Å². The van der Waals surface area contributed by atoms with Crippen LogP contribution < -0.4 is 0 Å². The van der Waals surface area contributed by atoms with Crippen molar-refractivity contribution in [1.29, 1.82) is 0 Å². The van der Waals surface area contributed by atoms with Crippen LogP contribution in [0.1, 0.15) is 10.4 Å². The van der Waals surface area contributed by atoms with E-state index in [1.54, 1.807) is 0 Å². The molecule has 1 N–H and O–H groups in total. The van der Waals surface area contributed by atoms with Gasteiger partial charge in [-0.2, -0.15) is 0 Å². The summed E-state index contributed by atoms with van der Waals surface area (Å²) < 4.78 is 4.94. The highest BCUT2D eigenvalue weighted by atomic mass is 16.5. The summed E-state index contributed by atoms with van der Waals surface area (Å²) in [5.41, 5.74) is 1.32. The highest BCUT2D eigenvalue weighted by Crippen LogP contribution is 2.17. The predicted molar refractivity (Wildman–Crippen MR) is 57.6 cm³/mol. The monoisotopic (exact) mass is 200 g/mol. The van der Waals surface area contributed by atoms with Crippen LogP contribution in [0.5, 0.6) is 0 Å². The van der Waals surface area contributed by atoms with Crippen LogP contribution in [0, 0.1) is 6.20 Å². The van der Waals surface area contributed by atoms with Crippen molar-refractivity contribution in [1.82, 2.24) is 4.98 Å².